The van der Waals surface area contributed by atoms with E-state index in [1.807, 2.05) is 18.3 Å². The van der Waals surface area contributed by atoms with Crippen LogP contribution in [0.4, 0.5) is 0 Å². The van der Waals surface area contributed by atoms with Gasteiger partial charge in [0, 0.05) is 32.0 Å². The number of ether oxygens (including phenoxy) is 1. The number of hydrogen-bond acceptors (Lipinski definition) is 4. The highest BCUT2D eigenvalue weighted by Crippen LogP contribution is 2.20. The Kier molecular flexibility index (Phi) is 6.09. The Labute approximate surface area is 109 Å². The van der Waals surface area contributed by atoms with Crippen LogP contribution in [-0.2, 0) is 6.54 Å². The summed E-state index contributed by atoms with van der Waals surface area (Å²) in [6.07, 6.45) is 3.71. The molecule has 0 fully saturated rings. The average molecular weight is 252 g/mol. The van der Waals surface area contributed by atoms with E-state index in [4.69, 9.17) is 9.84 Å². The van der Waals surface area contributed by atoms with E-state index in [1.165, 1.54) is 0 Å². The number of hydrogen-bond donors (Lipinski definition) is 2. The van der Waals surface area contributed by atoms with Crippen molar-refractivity contribution in [3.63, 3.8) is 0 Å². The lowest BCUT2D eigenvalue weighted by atomic mass is 9.88. The van der Waals surface area contributed by atoms with Gasteiger partial charge in [-0.2, -0.15) is 0 Å². The third-order valence-electron chi connectivity index (χ3n) is 2.95. The zero-order valence-electron chi connectivity index (χ0n) is 11.6. The molecule has 0 unspecified atom stereocenters. The van der Waals surface area contributed by atoms with Crippen molar-refractivity contribution in [2.45, 2.75) is 33.2 Å². The predicted octanol–water partition coefficient (Wildman–Crippen LogP) is 1.98. The van der Waals surface area contributed by atoms with Gasteiger partial charge < -0.3 is 15.2 Å². The number of nitrogens with one attached hydrogen (secondary N) is 1. The minimum Gasteiger partial charge on any atom is -0.481 e. The lowest BCUT2D eigenvalue weighted by Gasteiger charge is -2.24. The van der Waals surface area contributed by atoms with E-state index in [-0.39, 0.29) is 12.0 Å². The van der Waals surface area contributed by atoms with E-state index < -0.39 is 0 Å². The zero-order valence-corrected chi connectivity index (χ0v) is 11.6. The molecular weight excluding hydrogens is 228 g/mol. The first kappa shape index (κ1) is 14.9. The summed E-state index contributed by atoms with van der Waals surface area (Å²) >= 11 is 0. The van der Waals surface area contributed by atoms with Gasteiger partial charge in [-0.05, 0) is 23.8 Å². The number of nitrogens with zero attached hydrogens (tertiary/aromatic N) is 1. The Morgan fingerprint density at radius 3 is 2.72 bits per heavy atom. The summed E-state index contributed by atoms with van der Waals surface area (Å²) in [6.45, 7) is 6.42. The summed E-state index contributed by atoms with van der Waals surface area (Å²) in [5.74, 6) is 0.641. The molecule has 0 bridgehead atoms. The highest BCUT2D eigenvalue weighted by molar-refractivity contribution is 5.17. The number of methoxy groups -OCH3 is 1. The van der Waals surface area contributed by atoms with Crippen LogP contribution in [0.3, 0.4) is 0 Å². The summed E-state index contributed by atoms with van der Waals surface area (Å²) in [5, 5.41) is 12.3. The maximum absolute atomic E-state index is 8.84. The third-order valence-corrected chi connectivity index (χ3v) is 2.95. The van der Waals surface area contributed by atoms with Crippen molar-refractivity contribution in [3.05, 3.63) is 23.9 Å². The summed E-state index contributed by atoms with van der Waals surface area (Å²) in [4.78, 5) is 4.17. The van der Waals surface area contributed by atoms with Gasteiger partial charge in [0.2, 0.25) is 5.88 Å². The molecule has 4 heteroatoms. The van der Waals surface area contributed by atoms with Gasteiger partial charge in [-0.25, -0.2) is 4.98 Å². The third kappa shape index (κ3) is 5.47. The van der Waals surface area contributed by atoms with Gasteiger partial charge in [-0.1, -0.05) is 19.9 Å². The molecule has 0 aromatic carbocycles. The molecule has 0 spiro atoms. The molecule has 1 aromatic rings. The van der Waals surface area contributed by atoms with Crippen LogP contribution in [-0.4, -0.2) is 30.4 Å². The van der Waals surface area contributed by atoms with Crippen molar-refractivity contribution in [1.82, 2.24) is 10.3 Å². The summed E-state index contributed by atoms with van der Waals surface area (Å²) in [6, 6.07) is 3.88. The van der Waals surface area contributed by atoms with Crippen LogP contribution >= 0.6 is 0 Å². The Bertz CT molecular complexity index is 336. The summed E-state index contributed by atoms with van der Waals surface area (Å²) in [5.41, 5.74) is 1.36. The standard InChI is InChI=1S/C14H24N2O2/c1-14(2,7-4-8-17)11-15-9-12-5-6-13(18-3)16-10-12/h5-6,10,15,17H,4,7-9,11H2,1-3H3. The van der Waals surface area contributed by atoms with Crippen molar-refractivity contribution in [2.75, 3.05) is 20.3 Å². The summed E-state index contributed by atoms with van der Waals surface area (Å²) < 4.78 is 5.02. The molecule has 0 aliphatic rings. The SMILES string of the molecule is COc1ccc(CNCC(C)(C)CCCO)cn1. The molecule has 0 atom stereocenters. The molecule has 0 amide bonds. The Morgan fingerprint density at radius 2 is 2.17 bits per heavy atom. The van der Waals surface area contributed by atoms with Gasteiger partial charge in [0.1, 0.15) is 0 Å². The van der Waals surface area contributed by atoms with E-state index in [0.717, 1.165) is 31.5 Å². The highest BCUT2D eigenvalue weighted by Gasteiger charge is 2.16. The molecule has 1 heterocycles. The maximum atomic E-state index is 8.84. The van der Waals surface area contributed by atoms with Gasteiger partial charge in [0.05, 0.1) is 7.11 Å². The molecule has 0 saturated heterocycles. The molecule has 18 heavy (non-hydrogen) atoms. The van der Waals surface area contributed by atoms with Crippen molar-refractivity contribution in [1.29, 1.82) is 0 Å². The van der Waals surface area contributed by atoms with Crippen molar-refractivity contribution in [3.8, 4) is 5.88 Å². The molecule has 102 valence electrons. The average Bonchev–Trinajstić information content (AvgIpc) is 2.37. The molecule has 1 rings (SSSR count). The number of aliphatic hydroxyl groups is 1. The second kappa shape index (κ2) is 7.34. The lowest BCUT2D eigenvalue weighted by Crippen LogP contribution is -2.29. The Hall–Kier alpha value is -1.13. The van der Waals surface area contributed by atoms with E-state index in [1.54, 1.807) is 7.11 Å². The van der Waals surface area contributed by atoms with E-state index >= 15 is 0 Å². The van der Waals surface area contributed by atoms with Gasteiger partial charge >= 0.3 is 0 Å². The fraction of sp³-hybridized carbons (Fsp3) is 0.643. The second-order valence-corrected chi connectivity index (χ2v) is 5.30. The fourth-order valence-electron chi connectivity index (χ4n) is 1.83. The fourth-order valence-corrected chi connectivity index (χ4v) is 1.83. The minimum absolute atomic E-state index is 0.211. The number of aromatic nitrogens is 1. The van der Waals surface area contributed by atoms with Crippen molar-refractivity contribution < 1.29 is 9.84 Å². The summed E-state index contributed by atoms with van der Waals surface area (Å²) in [7, 11) is 1.62. The van der Waals surface area contributed by atoms with Crippen LogP contribution in [0.2, 0.25) is 0 Å². The Balaban J connectivity index is 2.31. The number of aliphatic hydroxyl groups excluding tert-OH is 1. The second-order valence-electron chi connectivity index (χ2n) is 5.30. The van der Waals surface area contributed by atoms with Gasteiger partial charge in [0.15, 0.2) is 0 Å². The van der Waals surface area contributed by atoms with Crippen LogP contribution in [0.5, 0.6) is 5.88 Å². The van der Waals surface area contributed by atoms with Crippen LogP contribution in [0.15, 0.2) is 18.3 Å². The van der Waals surface area contributed by atoms with Crippen LogP contribution in [0.25, 0.3) is 0 Å². The monoisotopic (exact) mass is 252 g/mol. The zero-order chi connectivity index (χ0) is 13.4. The van der Waals surface area contributed by atoms with E-state index in [9.17, 15) is 0 Å². The highest BCUT2D eigenvalue weighted by atomic mass is 16.5. The number of pyridine rings is 1. The van der Waals surface area contributed by atoms with Crippen molar-refractivity contribution >= 4 is 0 Å². The first-order valence-electron chi connectivity index (χ1n) is 6.38. The molecule has 0 aliphatic carbocycles. The minimum atomic E-state index is 0.211. The maximum Gasteiger partial charge on any atom is 0.212 e. The van der Waals surface area contributed by atoms with Gasteiger partial charge in [-0.3, -0.25) is 0 Å². The first-order valence-corrected chi connectivity index (χ1v) is 6.38. The lowest BCUT2D eigenvalue weighted by molar-refractivity contribution is 0.236. The van der Waals surface area contributed by atoms with Gasteiger partial charge in [0.25, 0.3) is 0 Å². The van der Waals surface area contributed by atoms with E-state index in [2.05, 4.69) is 24.1 Å². The van der Waals surface area contributed by atoms with Gasteiger partial charge in [-0.15, -0.1) is 0 Å². The first-order chi connectivity index (χ1) is 8.57. The van der Waals surface area contributed by atoms with E-state index in [0.29, 0.717) is 5.88 Å². The Morgan fingerprint density at radius 1 is 1.39 bits per heavy atom. The smallest absolute Gasteiger partial charge is 0.212 e. The molecule has 4 nitrogen and oxygen atoms in total. The predicted molar refractivity (Wildman–Crippen MR) is 72.6 cm³/mol. The van der Waals surface area contributed by atoms with Crippen LogP contribution in [0.1, 0.15) is 32.3 Å². The quantitative estimate of drug-likeness (QED) is 0.743. The molecular formula is C14H24N2O2. The molecule has 2 N–H and O–H groups in total. The molecule has 0 saturated carbocycles. The topological polar surface area (TPSA) is 54.4 Å². The van der Waals surface area contributed by atoms with Crippen LogP contribution in [0, 0.1) is 5.41 Å². The largest absolute Gasteiger partial charge is 0.481 e. The molecule has 0 aliphatic heterocycles. The molecule has 0 radical (unpaired) electrons. The molecule has 1 aromatic heterocycles. The van der Waals surface area contributed by atoms with Crippen LogP contribution < -0.4 is 10.1 Å². The van der Waals surface area contributed by atoms with Crippen molar-refractivity contribution in [2.24, 2.45) is 5.41 Å². The number of rotatable bonds is 8. The normalized spacial score (nSPS) is 11.6.